The first kappa shape index (κ1) is 18.2. The van der Waals surface area contributed by atoms with E-state index in [1.165, 1.54) is 4.88 Å². The average Bonchev–Trinajstić information content (AvgIpc) is 3.28. The molecule has 0 atom stereocenters. The van der Waals surface area contributed by atoms with E-state index in [4.69, 9.17) is 0 Å². The second kappa shape index (κ2) is 7.72. The van der Waals surface area contributed by atoms with Crippen LogP contribution in [0.25, 0.3) is 0 Å². The standard InChI is InChI=1S/C16H22N6OS.ClH/c1-2-11-9-18-16(24-11)22-7-5-21(6-8-22)15(23)14-12-10-17-4-3-13(12)19-20-14;/h9,17H,2-8,10H2,1H3,(H,19,20);1H. The van der Waals surface area contributed by atoms with Crippen LogP contribution in [-0.4, -0.2) is 58.7 Å². The average molecular weight is 383 g/mol. The van der Waals surface area contributed by atoms with Gasteiger partial charge in [-0.3, -0.25) is 9.89 Å². The van der Waals surface area contributed by atoms with E-state index in [1.54, 1.807) is 11.3 Å². The predicted octanol–water partition coefficient (Wildman–Crippen LogP) is 1.46. The van der Waals surface area contributed by atoms with Gasteiger partial charge in [-0.25, -0.2) is 4.98 Å². The maximum atomic E-state index is 12.8. The van der Waals surface area contributed by atoms with Gasteiger partial charge in [0.25, 0.3) is 5.91 Å². The maximum absolute atomic E-state index is 12.8. The van der Waals surface area contributed by atoms with Crippen molar-refractivity contribution < 1.29 is 4.79 Å². The molecule has 0 aliphatic carbocycles. The number of nitrogens with one attached hydrogen (secondary N) is 2. The first-order chi connectivity index (χ1) is 11.8. The minimum absolute atomic E-state index is 0. The quantitative estimate of drug-likeness (QED) is 0.840. The second-order valence-electron chi connectivity index (χ2n) is 6.20. The SMILES string of the molecule is CCc1cnc(N2CCN(C(=O)c3n[nH]c4c3CNCC4)CC2)s1.Cl. The number of aryl methyl sites for hydroxylation is 1. The molecule has 25 heavy (non-hydrogen) atoms. The number of anilines is 1. The van der Waals surface area contributed by atoms with E-state index in [-0.39, 0.29) is 18.3 Å². The van der Waals surface area contributed by atoms with E-state index in [1.807, 2.05) is 11.1 Å². The van der Waals surface area contributed by atoms with Crippen LogP contribution in [0, 0.1) is 0 Å². The first-order valence-electron chi connectivity index (χ1n) is 8.52. The molecule has 2 aliphatic rings. The highest BCUT2D eigenvalue weighted by Gasteiger charge is 2.28. The molecule has 0 aromatic carbocycles. The van der Waals surface area contributed by atoms with Crippen molar-refractivity contribution in [2.75, 3.05) is 37.6 Å². The zero-order valence-corrected chi connectivity index (χ0v) is 15.9. The highest BCUT2D eigenvalue weighted by molar-refractivity contribution is 7.15. The lowest BCUT2D eigenvalue weighted by Crippen LogP contribution is -2.49. The third kappa shape index (κ3) is 3.51. The topological polar surface area (TPSA) is 77.2 Å². The van der Waals surface area contributed by atoms with Crippen LogP contribution in [0.3, 0.4) is 0 Å². The number of H-pyrrole nitrogens is 1. The van der Waals surface area contributed by atoms with Crippen molar-refractivity contribution in [2.45, 2.75) is 26.3 Å². The molecular weight excluding hydrogens is 360 g/mol. The zero-order chi connectivity index (χ0) is 16.5. The molecule has 0 saturated carbocycles. The third-order valence-electron chi connectivity index (χ3n) is 4.74. The summed E-state index contributed by atoms with van der Waals surface area (Å²) in [6.07, 6.45) is 3.89. The van der Waals surface area contributed by atoms with Gasteiger partial charge in [0.15, 0.2) is 10.8 Å². The highest BCUT2D eigenvalue weighted by Crippen LogP contribution is 2.24. The lowest BCUT2D eigenvalue weighted by atomic mass is 10.1. The maximum Gasteiger partial charge on any atom is 0.274 e. The van der Waals surface area contributed by atoms with Gasteiger partial charge in [0.2, 0.25) is 0 Å². The van der Waals surface area contributed by atoms with Gasteiger partial charge >= 0.3 is 0 Å². The fourth-order valence-corrected chi connectivity index (χ4v) is 4.16. The van der Waals surface area contributed by atoms with Crippen LogP contribution in [0.5, 0.6) is 0 Å². The fourth-order valence-electron chi connectivity index (χ4n) is 3.26. The van der Waals surface area contributed by atoms with E-state index < -0.39 is 0 Å². The summed E-state index contributed by atoms with van der Waals surface area (Å²) < 4.78 is 0. The molecular formula is C16H23ClN6OS. The van der Waals surface area contributed by atoms with Gasteiger partial charge in [-0.1, -0.05) is 6.92 Å². The molecule has 4 rings (SSSR count). The van der Waals surface area contributed by atoms with Gasteiger partial charge in [0.1, 0.15) is 0 Å². The highest BCUT2D eigenvalue weighted by atomic mass is 35.5. The Morgan fingerprint density at radius 1 is 1.32 bits per heavy atom. The molecule has 2 N–H and O–H groups in total. The summed E-state index contributed by atoms with van der Waals surface area (Å²) in [5.74, 6) is 0.0456. The van der Waals surface area contributed by atoms with Crippen LogP contribution in [0.1, 0.15) is 33.5 Å². The summed E-state index contributed by atoms with van der Waals surface area (Å²) in [5.41, 5.74) is 2.74. The lowest BCUT2D eigenvalue weighted by Gasteiger charge is -2.34. The van der Waals surface area contributed by atoms with Crippen LogP contribution in [-0.2, 0) is 19.4 Å². The number of hydrogen-bond donors (Lipinski definition) is 2. The minimum atomic E-state index is 0. The summed E-state index contributed by atoms with van der Waals surface area (Å²) in [6, 6.07) is 0. The molecule has 1 saturated heterocycles. The molecule has 2 aliphatic heterocycles. The molecule has 7 nitrogen and oxygen atoms in total. The van der Waals surface area contributed by atoms with Gasteiger partial charge < -0.3 is 15.1 Å². The second-order valence-corrected chi connectivity index (χ2v) is 7.29. The molecule has 1 fully saturated rings. The Balaban J connectivity index is 0.00000182. The van der Waals surface area contributed by atoms with Crippen molar-refractivity contribution in [1.29, 1.82) is 0 Å². The third-order valence-corrected chi connectivity index (χ3v) is 5.94. The number of aromatic nitrogens is 3. The molecule has 0 bridgehead atoms. The number of fused-ring (bicyclic) bond motifs is 1. The lowest BCUT2D eigenvalue weighted by molar-refractivity contribution is 0.0739. The van der Waals surface area contributed by atoms with E-state index in [0.29, 0.717) is 5.69 Å². The van der Waals surface area contributed by atoms with Crippen LogP contribution in [0.4, 0.5) is 5.13 Å². The number of halogens is 1. The van der Waals surface area contributed by atoms with E-state index >= 15 is 0 Å². The summed E-state index contributed by atoms with van der Waals surface area (Å²) >= 11 is 1.75. The largest absolute Gasteiger partial charge is 0.345 e. The van der Waals surface area contributed by atoms with Crippen molar-refractivity contribution in [3.63, 3.8) is 0 Å². The number of carbonyl (C=O) groups is 1. The Kier molecular flexibility index (Phi) is 5.61. The minimum Gasteiger partial charge on any atom is -0.345 e. The monoisotopic (exact) mass is 382 g/mol. The number of thiazole rings is 1. The number of rotatable bonds is 3. The van der Waals surface area contributed by atoms with Gasteiger partial charge in [0.05, 0.1) is 0 Å². The summed E-state index contributed by atoms with van der Waals surface area (Å²) in [4.78, 5) is 22.8. The van der Waals surface area contributed by atoms with Crippen LogP contribution in [0.15, 0.2) is 6.20 Å². The summed E-state index contributed by atoms with van der Waals surface area (Å²) in [5, 5.41) is 11.7. The first-order valence-corrected chi connectivity index (χ1v) is 9.33. The predicted molar refractivity (Wildman–Crippen MR) is 101 cm³/mol. The Labute approximate surface area is 157 Å². The number of piperazine rings is 1. The van der Waals surface area contributed by atoms with Crippen LogP contribution in [0.2, 0.25) is 0 Å². The Hall–Kier alpha value is -1.64. The fraction of sp³-hybridized carbons (Fsp3) is 0.562. The molecule has 2 aromatic heterocycles. The normalized spacial score (nSPS) is 17.2. The van der Waals surface area contributed by atoms with Gasteiger partial charge in [-0.2, -0.15) is 5.10 Å². The number of amides is 1. The van der Waals surface area contributed by atoms with E-state index in [0.717, 1.165) is 68.5 Å². The van der Waals surface area contributed by atoms with Crippen LogP contribution >= 0.6 is 23.7 Å². The molecule has 136 valence electrons. The molecule has 9 heteroatoms. The van der Waals surface area contributed by atoms with Crippen LogP contribution < -0.4 is 10.2 Å². The molecule has 2 aromatic rings. The Morgan fingerprint density at radius 3 is 2.84 bits per heavy atom. The molecule has 0 spiro atoms. The molecule has 0 radical (unpaired) electrons. The number of aromatic amines is 1. The van der Waals surface area contributed by atoms with Crippen molar-refractivity contribution >= 4 is 34.8 Å². The van der Waals surface area contributed by atoms with E-state index in [9.17, 15) is 4.79 Å². The molecule has 4 heterocycles. The zero-order valence-electron chi connectivity index (χ0n) is 14.2. The number of hydrogen-bond acceptors (Lipinski definition) is 6. The van der Waals surface area contributed by atoms with Gasteiger partial charge in [-0.15, -0.1) is 23.7 Å². The Morgan fingerprint density at radius 2 is 2.12 bits per heavy atom. The van der Waals surface area contributed by atoms with Crippen molar-refractivity contribution in [2.24, 2.45) is 0 Å². The molecule has 0 unspecified atom stereocenters. The van der Waals surface area contributed by atoms with Crippen molar-refractivity contribution in [3.8, 4) is 0 Å². The number of nitrogens with zero attached hydrogens (tertiary/aromatic N) is 4. The molecule has 1 amide bonds. The smallest absolute Gasteiger partial charge is 0.274 e. The summed E-state index contributed by atoms with van der Waals surface area (Å²) in [7, 11) is 0. The number of carbonyl (C=O) groups excluding carboxylic acids is 1. The summed E-state index contributed by atoms with van der Waals surface area (Å²) in [6.45, 7) is 6.90. The van der Waals surface area contributed by atoms with Gasteiger partial charge in [-0.05, 0) is 6.42 Å². The Bertz CT molecular complexity index is 737. The van der Waals surface area contributed by atoms with Gasteiger partial charge in [0, 0.05) is 68.0 Å². The van der Waals surface area contributed by atoms with Crippen molar-refractivity contribution in [3.05, 3.63) is 28.0 Å². The van der Waals surface area contributed by atoms with Crippen molar-refractivity contribution in [1.82, 2.24) is 25.4 Å². The van der Waals surface area contributed by atoms with E-state index in [2.05, 4.69) is 32.3 Å².